The van der Waals surface area contributed by atoms with Crippen LogP contribution in [-0.4, -0.2) is 82.3 Å². The van der Waals surface area contributed by atoms with Crippen LogP contribution in [0.15, 0.2) is 30.3 Å². The molecule has 2 saturated heterocycles. The van der Waals surface area contributed by atoms with Crippen molar-refractivity contribution < 1.29 is 22.6 Å². The molecular formula is C13H16N3NaO5S. The van der Waals surface area contributed by atoms with Crippen molar-refractivity contribution >= 4 is 51.8 Å². The van der Waals surface area contributed by atoms with E-state index in [0.29, 0.717) is 17.3 Å². The molecule has 2 heterocycles. The number of hydrogen-bond acceptors (Lipinski definition) is 4. The maximum absolute atomic E-state index is 12.1. The molecular weight excluding hydrogens is 333 g/mol. The molecule has 2 aliphatic rings. The zero-order chi connectivity index (χ0) is 15.9. The van der Waals surface area contributed by atoms with Crippen LogP contribution >= 0.6 is 0 Å². The Morgan fingerprint density at radius 3 is 2.57 bits per heavy atom. The summed E-state index contributed by atoms with van der Waals surface area (Å²) in [5.41, 5.74) is 0.922. The Morgan fingerprint density at radius 2 is 1.96 bits per heavy atom. The number of β-lactam (4-membered cyclic amide) rings is 1. The maximum atomic E-state index is 12.1. The van der Waals surface area contributed by atoms with E-state index in [0.717, 1.165) is 5.56 Å². The first-order chi connectivity index (χ1) is 10.4. The van der Waals surface area contributed by atoms with E-state index in [9.17, 15) is 18.0 Å². The Hall–Kier alpha value is -1.13. The normalized spacial score (nSPS) is 22.9. The summed E-state index contributed by atoms with van der Waals surface area (Å²) in [5.74, 6) is -0.764. The van der Waals surface area contributed by atoms with Crippen molar-refractivity contribution in [2.75, 3.05) is 6.54 Å². The van der Waals surface area contributed by atoms with Gasteiger partial charge in [0.05, 0.1) is 6.04 Å². The fourth-order valence-corrected chi connectivity index (χ4v) is 3.82. The Bertz CT molecular complexity index is 712. The van der Waals surface area contributed by atoms with Crippen molar-refractivity contribution in [2.24, 2.45) is 0 Å². The van der Waals surface area contributed by atoms with E-state index in [4.69, 9.17) is 4.55 Å². The van der Waals surface area contributed by atoms with Crippen molar-refractivity contribution in [3.8, 4) is 0 Å². The van der Waals surface area contributed by atoms with Crippen molar-refractivity contribution in [3.05, 3.63) is 35.9 Å². The van der Waals surface area contributed by atoms with Gasteiger partial charge in [-0.15, -0.1) is 0 Å². The number of likely N-dealkylation sites (tertiary alicyclic amines) is 1. The minimum atomic E-state index is -4.55. The Labute approximate surface area is 156 Å². The number of amides is 3. The number of benzene rings is 1. The number of urea groups is 1. The molecule has 0 saturated carbocycles. The average Bonchev–Trinajstić information content (AvgIpc) is 2.83. The number of fused-ring (bicyclic) bond motifs is 1. The molecule has 0 spiro atoms. The molecule has 2 N–H and O–H groups in total. The van der Waals surface area contributed by atoms with Crippen LogP contribution in [0.1, 0.15) is 12.0 Å². The summed E-state index contributed by atoms with van der Waals surface area (Å²) < 4.78 is 31.6. The van der Waals surface area contributed by atoms with Crippen molar-refractivity contribution in [1.29, 1.82) is 0 Å². The van der Waals surface area contributed by atoms with Crippen LogP contribution < -0.4 is 5.32 Å². The third-order valence-corrected chi connectivity index (χ3v) is 4.88. The summed E-state index contributed by atoms with van der Waals surface area (Å²) in [6.45, 7) is 0.595. The molecule has 3 amide bonds. The van der Waals surface area contributed by atoms with E-state index in [-0.39, 0.29) is 36.1 Å². The van der Waals surface area contributed by atoms with Gasteiger partial charge in [0.2, 0.25) is 0 Å². The van der Waals surface area contributed by atoms with Crippen LogP contribution in [0.3, 0.4) is 0 Å². The topological polar surface area (TPSA) is 107 Å². The second-order valence-corrected chi connectivity index (χ2v) is 6.54. The van der Waals surface area contributed by atoms with Gasteiger partial charge < -0.3 is 10.2 Å². The number of nitrogens with one attached hydrogen (secondary N) is 1. The monoisotopic (exact) mass is 349 g/mol. The third kappa shape index (κ3) is 3.38. The molecule has 10 heteroatoms. The molecule has 1 aromatic rings. The standard InChI is InChI=1S/C13H15N3O5S.Na.H/c17-12-11-10(16(12)22(19,20)21)6-7-15(11)13(18)14-8-9-4-2-1-3-5-9;;/h1-5,10-11H,6-8H2,(H,14,18)(H,19,20,21);;/t10-,11+;;/m1../s1. The molecule has 23 heavy (non-hydrogen) atoms. The molecule has 0 unspecified atom stereocenters. The van der Waals surface area contributed by atoms with Crippen LogP contribution in [-0.2, 0) is 21.6 Å². The Morgan fingerprint density at radius 1 is 1.30 bits per heavy atom. The number of nitrogens with zero attached hydrogens (tertiary/aromatic N) is 2. The number of carbonyl (C=O) groups is 2. The minimum absolute atomic E-state index is 0. The van der Waals surface area contributed by atoms with E-state index in [2.05, 4.69) is 5.32 Å². The summed E-state index contributed by atoms with van der Waals surface area (Å²) in [6.07, 6.45) is 0.328. The van der Waals surface area contributed by atoms with E-state index in [1.807, 2.05) is 30.3 Å². The van der Waals surface area contributed by atoms with E-state index >= 15 is 0 Å². The van der Waals surface area contributed by atoms with Gasteiger partial charge in [-0.1, -0.05) is 30.3 Å². The van der Waals surface area contributed by atoms with Gasteiger partial charge >= 0.3 is 45.9 Å². The third-order valence-electron chi connectivity index (χ3n) is 3.93. The molecule has 2 atom stereocenters. The summed E-state index contributed by atoms with van der Waals surface area (Å²) in [4.78, 5) is 25.3. The number of rotatable bonds is 3. The van der Waals surface area contributed by atoms with Crippen LogP contribution in [0.5, 0.6) is 0 Å². The first-order valence-electron chi connectivity index (χ1n) is 6.78. The molecule has 1 aromatic carbocycles. The second kappa shape index (κ2) is 6.78. The fraction of sp³-hybridized carbons (Fsp3) is 0.385. The van der Waals surface area contributed by atoms with E-state index in [1.165, 1.54) is 4.90 Å². The van der Waals surface area contributed by atoms with Gasteiger partial charge in [-0.05, 0) is 12.0 Å². The van der Waals surface area contributed by atoms with Crippen LogP contribution in [0, 0.1) is 0 Å². The van der Waals surface area contributed by atoms with Gasteiger partial charge in [0, 0.05) is 13.1 Å². The molecule has 0 aliphatic carbocycles. The number of hydrogen-bond donors (Lipinski definition) is 2. The van der Waals surface area contributed by atoms with E-state index < -0.39 is 34.3 Å². The van der Waals surface area contributed by atoms with Crippen LogP contribution in [0.2, 0.25) is 0 Å². The molecule has 2 fully saturated rings. The van der Waals surface area contributed by atoms with Crippen LogP contribution in [0.4, 0.5) is 4.79 Å². The summed E-state index contributed by atoms with van der Waals surface area (Å²) in [5, 5.41) is 2.70. The van der Waals surface area contributed by atoms with Gasteiger partial charge in [-0.2, -0.15) is 8.42 Å². The Balaban J connectivity index is 0.00000192. The van der Waals surface area contributed by atoms with Gasteiger partial charge in [-0.25, -0.2) is 9.10 Å². The SMILES string of the molecule is O=C(NCc1ccccc1)N1CC[C@@H]2[C@H]1C(=O)N2S(=O)(=O)O.[NaH]. The summed E-state index contributed by atoms with van der Waals surface area (Å²) in [7, 11) is -4.55. The Kier molecular flexibility index (Phi) is 5.37. The predicted molar refractivity (Wildman–Crippen MR) is 83.1 cm³/mol. The van der Waals surface area contributed by atoms with Crippen molar-refractivity contribution in [2.45, 2.75) is 25.0 Å². The quantitative estimate of drug-likeness (QED) is 0.428. The summed E-state index contributed by atoms with van der Waals surface area (Å²) >= 11 is 0. The summed E-state index contributed by atoms with van der Waals surface area (Å²) in [6, 6.07) is 7.42. The average molecular weight is 349 g/mol. The van der Waals surface area contributed by atoms with Gasteiger partial charge in [0.1, 0.15) is 6.04 Å². The molecule has 2 aliphatic heterocycles. The zero-order valence-corrected chi connectivity index (χ0v) is 12.4. The van der Waals surface area contributed by atoms with Crippen molar-refractivity contribution in [1.82, 2.24) is 14.5 Å². The molecule has 0 bridgehead atoms. The van der Waals surface area contributed by atoms with Crippen LogP contribution in [0.25, 0.3) is 0 Å². The first-order valence-corrected chi connectivity index (χ1v) is 8.18. The van der Waals surface area contributed by atoms with Gasteiger partial charge in [-0.3, -0.25) is 9.35 Å². The fourth-order valence-electron chi connectivity index (χ4n) is 2.92. The zero-order valence-electron chi connectivity index (χ0n) is 11.5. The van der Waals surface area contributed by atoms with Crippen molar-refractivity contribution in [3.63, 3.8) is 0 Å². The predicted octanol–water partition coefficient (Wildman–Crippen LogP) is -0.664. The molecule has 0 radical (unpaired) electrons. The number of carbonyl (C=O) groups excluding carboxylic acids is 2. The molecule has 8 nitrogen and oxygen atoms in total. The molecule has 3 rings (SSSR count). The van der Waals surface area contributed by atoms with Gasteiger partial charge in [0.15, 0.2) is 0 Å². The van der Waals surface area contributed by atoms with Gasteiger partial charge in [0.25, 0.3) is 5.91 Å². The first kappa shape index (κ1) is 18.2. The molecule has 120 valence electrons. The van der Waals surface area contributed by atoms with E-state index in [1.54, 1.807) is 0 Å². The second-order valence-electron chi connectivity index (χ2n) is 5.25. The molecule has 0 aromatic heterocycles.